The number of hydrogen-bond donors (Lipinski definition) is 2. The molecule has 1 saturated heterocycles. The highest BCUT2D eigenvalue weighted by molar-refractivity contribution is 5.89. The first-order chi connectivity index (χ1) is 10.8. The molecule has 3 heterocycles. The number of fused-ring (bicyclic) bond motifs is 1. The van der Waals surface area contributed by atoms with E-state index in [0.717, 1.165) is 36.1 Å². The summed E-state index contributed by atoms with van der Waals surface area (Å²) in [5.74, 6) is 1.30. The van der Waals surface area contributed by atoms with Gasteiger partial charge in [-0.3, -0.25) is 0 Å². The molecule has 3 rings (SSSR count). The molecular weight excluding hydrogens is 278 g/mol. The summed E-state index contributed by atoms with van der Waals surface area (Å²) in [5, 5.41) is 17.6. The van der Waals surface area contributed by atoms with Gasteiger partial charge in [-0.25, -0.2) is 9.97 Å². The van der Waals surface area contributed by atoms with E-state index in [-0.39, 0.29) is 0 Å². The quantitative estimate of drug-likeness (QED) is 0.899. The van der Waals surface area contributed by atoms with Crippen LogP contribution in [-0.2, 0) is 0 Å². The molecule has 0 radical (unpaired) electrons. The molecule has 0 aromatic carbocycles. The van der Waals surface area contributed by atoms with E-state index in [1.807, 2.05) is 13.0 Å². The van der Waals surface area contributed by atoms with Crippen molar-refractivity contribution in [3.8, 4) is 11.9 Å². The zero-order chi connectivity index (χ0) is 15.4. The van der Waals surface area contributed by atoms with Gasteiger partial charge >= 0.3 is 0 Å². The number of anilines is 1. The van der Waals surface area contributed by atoms with Crippen LogP contribution in [0.15, 0.2) is 18.3 Å². The monoisotopic (exact) mass is 297 g/mol. The molecule has 6 nitrogen and oxygen atoms in total. The second-order valence-corrected chi connectivity index (χ2v) is 5.34. The SMILES string of the molecule is CCOc1nc(C#N)cc2cnc(NC3CCCNC3)cc12. The van der Waals surface area contributed by atoms with Crippen molar-refractivity contribution in [2.75, 3.05) is 25.0 Å². The molecule has 1 aliphatic rings. The Kier molecular flexibility index (Phi) is 4.35. The van der Waals surface area contributed by atoms with Gasteiger partial charge in [-0.05, 0) is 38.4 Å². The van der Waals surface area contributed by atoms with Crippen molar-refractivity contribution in [2.45, 2.75) is 25.8 Å². The molecule has 22 heavy (non-hydrogen) atoms. The third-order valence-corrected chi connectivity index (χ3v) is 3.72. The maximum Gasteiger partial charge on any atom is 0.222 e. The van der Waals surface area contributed by atoms with Crippen molar-refractivity contribution in [3.05, 3.63) is 24.0 Å². The molecule has 0 aliphatic carbocycles. The summed E-state index contributed by atoms with van der Waals surface area (Å²) in [6.07, 6.45) is 4.07. The Morgan fingerprint density at radius 3 is 3.14 bits per heavy atom. The minimum Gasteiger partial charge on any atom is -0.477 e. The standard InChI is InChI=1S/C16H19N5O/c1-2-22-16-14-7-15(20-12-4-3-5-18-10-12)19-9-11(14)6-13(8-17)21-16/h6-7,9,12,18H,2-5,10H2,1H3,(H,19,20). The summed E-state index contributed by atoms with van der Waals surface area (Å²) in [7, 11) is 0. The number of rotatable bonds is 4. The highest BCUT2D eigenvalue weighted by Gasteiger charge is 2.14. The molecule has 0 bridgehead atoms. The largest absolute Gasteiger partial charge is 0.477 e. The molecule has 0 spiro atoms. The van der Waals surface area contributed by atoms with Crippen LogP contribution in [0, 0.1) is 11.3 Å². The molecule has 1 fully saturated rings. The lowest BCUT2D eigenvalue weighted by Gasteiger charge is -2.24. The molecule has 0 amide bonds. The van der Waals surface area contributed by atoms with Gasteiger partial charge < -0.3 is 15.4 Å². The Labute approximate surface area is 129 Å². The molecule has 2 aromatic heterocycles. The summed E-state index contributed by atoms with van der Waals surface area (Å²) in [4.78, 5) is 8.69. The second kappa shape index (κ2) is 6.58. The van der Waals surface area contributed by atoms with E-state index in [1.54, 1.807) is 12.3 Å². The minimum atomic E-state index is 0.343. The predicted octanol–water partition coefficient (Wildman–Crippen LogP) is 2.06. The first kappa shape index (κ1) is 14.5. The average molecular weight is 297 g/mol. The third kappa shape index (κ3) is 3.10. The third-order valence-electron chi connectivity index (χ3n) is 3.72. The number of nitrogens with one attached hydrogen (secondary N) is 2. The average Bonchev–Trinajstić information content (AvgIpc) is 2.56. The lowest BCUT2D eigenvalue weighted by atomic mass is 10.1. The summed E-state index contributed by atoms with van der Waals surface area (Å²) in [5.41, 5.74) is 0.343. The van der Waals surface area contributed by atoms with Crippen molar-refractivity contribution >= 4 is 16.6 Å². The van der Waals surface area contributed by atoms with E-state index in [2.05, 4.69) is 26.7 Å². The number of hydrogen-bond acceptors (Lipinski definition) is 6. The van der Waals surface area contributed by atoms with E-state index in [9.17, 15) is 0 Å². The first-order valence-electron chi connectivity index (χ1n) is 7.61. The molecule has 1 aliphatic heterocycles. The van der Waals surface area contributed by atoms with Crippen LogP contribution >= 0.6 is 0 Å². The zero-order valence-corrected chi connectivity index (χ0v) is 12.6. The Balaban J connectivity index is 1.93. The van der Waals surface area contributed by atoms with Gasteiger partial charge in [-0.1, -0.05) is 0 Å². The molecule has 1 unspecified atom stereocenters. The Bertz CT molecular complexity index is 703. The van der Waals surface area contributed by atoms with Gasteiger partial charge in [-0.15, -0.1) is 0 Å². The van der Waals surface area contributed by atoms with E-state index in [1.165, 1.54) is 6.42 Å². The van der Waals surface area contributed by atoms with Crippen molar-refractivity contribution in [2.24, 2.45) is 0 Å². The summed E-state index contributed by atoms with van der Waals surface area (Å²) in [6.45, 7) is 4.44. The van der Waals surface area contributed by atoms with Crippen LogP contribution in [0.3, 0.4) is 0 Å². The lowest BCUT2D eigenvalue weighted by molar-refractivity contribution is 0.331. The number of pyridine rings is 2. The molecule has 2 N–H and O–H groups in total. The Hall–Kier alpha value is -2.39. The van der Waals surface area contributed by atoms with Gasteiger partial charge in [0.2, 0.25) is 5.88 Å². The molecule has 1 atom stereocenters. The maximum atomic E-state index is 9.05. The van der Waals surface area contributed by atoms with Crippen LogP contribution in [0.1, 0.15) is 25.5 Å². The molecule has 114 valence electrons. The summed E-state index contributed by atoms with van der Waals surface area (Å²) >= 11 is 0. The van der Waals surface area contributed by atoms with Crippen molar-refractivity contribution in [3.63, 3.8) is 0 Å². The fourth-order valence-corrected chi connectivity index (χ4v) is 2.68. The molecule has 2 aromatic rings. The van der Waals surface area contributed by atoms with Crippen LogP contribution in [0.4, 0.5) is 5.82 Å². The zero-order valence-electron chi connectivity index (χ0n) is 12.6. The smallest absolute Gasteiger partial charge is 0.222 e. The van der Waals surface area contributed by atoms with E-state index < -0.39 is 0 Å². The number of nitriles is 1. The van der Waals surface area contributed by atoms with Crippen molar-refractivity contribution in [1.82, 2.24) is 15.3 Å². The Morgan fingerprint density at radius 2 is 2.41 bits per heavy atom. The highest BCUT2D eigenvalue weighted by Crippen LogP contribution is 2.26. The van der Waals surface area contributed by atoms with Gasteiger partial charge in [0.1, 0.15) is 17.6 Å². The van der Waals surface area contributed by atoms with Crippen LogP contribution in [0.2, 0.25) is 0 Å². The van der Waals surface area contributed by atoms with Gasteiger partial charge in [0, 0.05) is 29.6 Å². The van der Waals surface area contributed by atoms with Crippen LogP contribution in [0.25, 0.3) is 10.8 Å². The fraction of sp³-hybridized carbons (Fsp3) is 0.438. The molecule has 6 heteroatoms. The van der Waals surface area contributed by atoms with Gasteiger partial charge in [0.05, 0.1) is 6.61 Å². The van der Waals surface area contributed by atoms with Crippen molar-refractivity contribution < 1.29 is 4.74 Å². The van der Waals surface area contributed by atoms with Crippen LogP contribution in [-0.4, -0.2) is 35.7 Å². The van der Waals surface area contributed by atoms with Gasteiger partial charge in [0.15, 0.2) is 0 Å². The van der Waals surface area contributed by atoms with Gasteiger partial charge in [0.25, 0.3) is 0 Å². The van der Waals surface area contributed by atoms with Crippen molar-refractivity contribution in [1.29, 1.82) is 5.26 Å². The van der Waals surface area contributed by atoms with E-state index in [4.69, 9.17) is 10.00 Å². The normalized spacial score (nSPS) is 17.9. The van der Waals surface area contributed by atoms with Crippen LogP contribution < -0.4 is 15.4 Å². The Morgan fingerprint density at radius 1 is 1.50 bits per heavy atom. The number of nitrogens with zero attached hydrogens (tertiary/aromatic N) is 3. The number of piperidine rings is 1. The molecule has 0 saturated carbocycles. The molecular formula is C16H19N5O. The second-order valence-electron chi connectivity index (χ2n) is 5.34. The summed E-state index contributed by atoms with van der Waals surface area (Å²) in [6, 6.07) is 6.13. The van der Waals surface area contributed by atoms with E-state index >= 15 is 0 Å². The number of aromatic nitrogens is 2. The maximum absolute atomic E-state index is 9.05. The number of ether oxygens (including phenoxy) is 1. The lowest BCUT2D eigenvalue weighted by Crippen LogP contribution is -2.38. The van der Waals surface area contributed by atoms with Gasteiger partial charge in [-0.2, -0.15) is 5.26 Å². The first-order valence-corrected chi connectivity index (χ1v) is 7.61. The topological polar surface area (TPSA) is 82.9 Å². The summed E-state index contributed by atoms with van der Waals surface area (Å²) < 4.78 is 5.58. The van der Waals surface area contributed by atoms with Crippen LogP contribution in [0.5, 0.6) is 5.88 Å². The van der Waals surface area contributed by atoms with E-state index in [0.29, 0.717) is 24.2 Å². The minimum absolute atomic E-state index is 0.343. The highest BCUT2D eigenvalue weighted by atomic mass is 16.5. The fourth-order valence-electron chi connectivity index (χ4n) is 2.68. The predicted molar refractivity (Wildman–Crippen MR) is 84.9 cm³/mol.